The Morgan fingerprint density at radius 3 is 2.47 bits per heavy atom. The summed E-state index contributed by atoms with van der Waals surface area (Å²) in [7, 11) is -3.90. The summed E-state index contributed by atoms with van der Waals surface area (Å²) in [4.78, 5) is 16.4. The quantitative estimate of drug-likeness (QED) is 0.428. The summed E-state index contributed by atoms with van der Waals surface area (Å²) in [5.74, 6) is -0.566. The maximum Gasteiger partial charge on any atom is 0.255 e. The van der Waals surface area contributed by atoms with Crippen LogP contribution in [-0.2, 0) is 21.4 Å². The number of aromatic nitrogens is 1. The van der Waals surface area contributed by atoms with Crippen molar-refractivity contribution in [1.82, 2.24) is 14.7 Å². The van der Waals surface area contributed by atoms with E-state index in [0.29, 0.717) is 16.1 Å². The van der Waals surface area contributed by atoms with Crippen molar-refractivity contribution in [3.05, 3.63) is 95.3 Å². The molecule has 2 aromatic carbocycles. The molecule has 0 atom stereocenters. The lowest BCUT2D eigenvalue weighted by Crippen LogP contribution is -2.39. The van der Waals surface area contributed by atoms with Crippen LogP contribution in [0.15, 0.2) is 89.1 Å². The van der Waals surface area contributed by atoms with Crippen molar-refractivity contribution in [2.24, 2.45) is 5.10 Å². The van der Waals surface area contributed by atoms with Crippen LogP contribution in [-0.4, -0.2) is 36.4 Å². The normalized spacial score (nSPS) is 11.7. The molecule has 0 aliphatic carbocycles. The lowest BCUT2D eigenvalue weighted by Gasteiger charge is -2.21. The smallest absolute Gasteiger partial charge is 0.255 e. The van der Waals surface area contributed by atoms with Crippen LogP contribution in [0, 0.1) is 0 Å². The highest BCUT2D eigenvalue weighted by molar-refractivity contribution is 7.89. The van der Waals surface area contributed by atoms with Crippen LogP contribution >= 0.6 is 11.6 Å². The Morgan fingerprint density at radius 1 is 1.07 bits per heavy atom. The third-order valence-corrected chi connectivity index (χ3v) is 6.12. The van der Waals surface area contributed by atoms with Gasteiger partial charge in [0.15, 0.2) is 0 Å². The molecule has 0 saturated carbocycles. The molecule has 7 nitrogen and oxygen atoms in total. The summed E-state index contributed by atoms with van der Waals surface area (Å²) in [6.07, 6.45) is 4.64. The first kappa shape index (κ1) is 21.6. The molecule has 0 saturated heterocycles. The van der Waals surface area contributed by atoms with Crippen molar-refractivity contribution >= 4 is 33.7 Å². The molecule has 0 aliphatic heterocycles. The van der Waals surface area contributed by atoms with Crippen molar-refractivity contribution in [3.8, 4) is 0 Å². The van der Waals surface area contributed by atoms with Crippen LogP contribution in [0.4, 0.5) is 0 Å². The van der Waals surface area contributed by atoms with Gasteiger partial charge in [0.2, 0.25) is 10.0 Å². The molecule has 0 bridgehead atoms. The summed E-state index contributed by atoms with van der Waals surface area (Å²) in [6.45, 7) is -0.391. The minimum atomic E-state index is -3.90. The first-order valence-electron chi connectivity index (χ1n) is 8.97. The number of hydrogen-bond acceptors (Lipinski definition) is 5. The molecule has 1 heterocycles. The van der Waals surface area contributed by atoms with E-state index in [4.69, 9.17) is 11.6 Å². The van der Waals surface area contributed by atoms with E-state index in [1.165, 1.54) is 18.3 Å². The zero-order chi connectivity index (χ0) is 21.4. The predicted molar refractivity (Wildman–Crippen MR) is 115 cm³/mol. The van der Waals surface area contributed by atoms with Gasteiger partial charge in [0.1, 0.15) is 0 Å². The molecule has 0 fully saturated rings. The second kappa shape index (κ2) is 10.1. The summed E-state index contributed by atoms with van der Waals surface area (Å²) in [5, 5.41) is 4.41. The zero-order valence-corrected chi connectivity index (χ0v) is 17.4. The standard InChI is InChI=1S/C21H19ClN4O3S/c22-19-10-8-17(9-11-19)15-26(30(28,29)20-6-2-1-3-7-20)16-21(27)25-24-14-18-5-4-12-23-13-18/h1-14H,15-16H2,(H,25,27). The Hall–Kier alpha value is -3.07. The maximum atomic E-state index is 13.1. The molecule has 3 rings (SSSR count). The minimum Gasteiger partial charge on any atom is -0.272 e. The van der Waals surface area contributed by atoms with E-state index in [-0.39, 0.29) is 11.4 Å². The summed E-state index contributed by atoms with van der Waals surface area (Å²) < 4.78 is 27.3. The second-order valence-corrected chi connectivity index (χ2v) is 8.67. The van der Waals surface area contributed by atoms with Gasteiger partial charge in [-0.1, -0.05) is 48.0 Å². The number of amides is 1. The van der Waals surface area contributed by atoms with Crippen molar-refractivity contribution in [2.45, 2.75) is 11.4 Å². The predicted octanol–water partition coefficient (Wildman–Crippen LogP) is 3.08. The third kappa shape index (κ3) is 5.96. The number of sulfonamides is 1. The van der Waals surface area contributed by atoms with Crippen LogP contribution in [0.1, 0.15) is 11.1 Å². The number of nitrogens with one attached hydrogen (secondary N) is 1. The number of halogens is 1. The van der Waals surface area contributed by atoms with Gasteiger partial charge in [-0.15, -0.1) is 0 Å². The highest BCUT2D eigenvalue weighted by atomic mass is 35.5. The van der Waals surface area contributed by atoms with E-state index >= 15 is 0 Å². The number of benzene rings is 2. The Balaban J connectivity index is 1.77. The van der Waals surface area contributed by atoms with Crippen molar-refractivity contribution in [3.63, 3.8) is 0 Å². The largest absolute Gasteiger partial charge is 0.272 e. The van der Waals surface area contributed by atoms with Gasteiger partial charge in [0, 0.05) is 29.5 Å². The molecule has 1 aromatic heterocycles. The van der Waals surface area contributed by atoms with Gasteiger partial charge >= 0.3 is 0 Å². The Labute approximate surface area is 180 Å². The van der Waals surface area contributed by atoms with Crippen LogP contribution in [0.3, 0.4) is 0 Å². The molecule has 0 radical (unpaired) electrons. The minimum absolute atomic E-state index is 0.00807. The second-order valence-electron chi connectivity index (χ2n) is 6.29. The molecule has 0 spiro atoms. The first-order valence-corrected chi connectivity index (χ1v) is 10.8. The molecule has 0 unspecified atom stereocenters. The fourth-order valence-electron chi connectivity index (χ4n) is 2.59. The number of rotatable bonds is 8. The number of hydrazone groups is 1. The molecule has 154 valence electrons. The zero-order valence-electron chi connectivity index (χ0n) is 15.8. The van der Waals surface area contributed by atoms with Crippen molar-refractivity contribution in [1.29, 1.82) is 0 Å². The summed E-state index contributed by atoms with van der Waals surface area (Å²) >= 11 is 5.91. The van der Waals surface area contributed by atoms with E-state index in [2.05, 4.69) is 15.5 Å². The lowest BCUT2D eigenvalue weighted by atomic mass is 10.2. The lowest BCUT2D eigenvalue weighted by molar-refractivity contribution is -0.121. The topological polar surface area (TPSA) is 91.7 Å². The van der Waals surface area contributed by atoms with Gasteiger partial charge in [0.05, 0.1) is 17.7 Å². The number of carbonyl (C=O) groups is 1. The van der Waals surface area contributed by atoms with Gasteiger partial charge in [-0.2, -0.15) is 9.41 Å². The molecular formula is C21H19ClN4O3S. The van der Waals surface area contributed by atoms with Crippen molar-refractivity contribution < 1.29 is 13.2 Å². The SMILES string of the molecule is O=C(CN(Cc1ccc(Cl)cc1)S(=O)(=O)c1ccccc1)NN=Cc1cccnc1. The van der Waals surface area contributed by atoms with E-state index in [0.717, 1.165) is 4.31 Å². The fourth-order valence-corrected chi connectivity index (χ4v) is 4.12. The van der Waals surface area contributed by atoms with E-state index in [9.17, 15) is 13.2 Å². The number of pyridine rings is 1. The van der Waals surface area contributed by atoms with Gasteiger partial charge < -0.3 is 0 Å². The average molecular weight is 443 g/mol. The molecule has 0 aliphatic rings. The summed E-state index contributed by atoms with van der Waals surface area (Å²) in [6, 6.07) is 18.2. The highest BCUT2D eigenvalue weighted by Gasteiger charge is 2.26. The van der Waals surface area contributed by atoms with Gasteiger partial charge in [-0.05, 0) is 35.9 Å². The molecule has 30 heavy (non-hydrogen) atoms. The Morgan fingerprint density at radius 2 is 1.80 bits per heavy atom. The van der Waals surface area contributed by atoms with Crippen molar-refractivity contribution in [2.75, 3.05) is 6.54 Å². The van der Waals surface area contributed by atoms with Crippen LogP contribution < -0.4 is 5.43 Å². The molecule has 1 amide bonds. The first-order chi connectivity index (χ1) is 14.4. The number of hydrogen-bond donors (Lipinski definition) is 1. The van der Waals surface area contributed by atoms with E-state index in [1.807, 2.05) is 0 Å². The maximum absolute atomic E-state index is 13.1. The summed E-state index contributed by atoms with van der Waals surface area (Å²) in [5.41, 5.74) is 3.76. The number of carbonyl (C=O) groups excluding carboxylic acids is 1. The molecule has 1 N–H and O–H groups in total. The van der Waals surface area contributed by atoms with Crippen LogP contribution in [0.2, 0.25) is 5.02 Å². The van der Waals surface area contributed by atoms with E-state index < -0.39 is 22.5 Å². The molecule has 9 heteroatoms. The Kier molecular flexibility index (Phi) is 7.29. The Bertz CT molecular complexity index is 1110. The highest BCUT2D eigenvalue weighted by Crippen LogP contribution is 2.19. The van der Waals surface area contributed by atoms with Gasteiger partial charge in [-0.25, -0.2) is 13.8 Å². The van der Waals surface area contributed by atoms with Crippen LogP contribution in [0.5, 0.6) is 0 Å². The average Bonchev–Trinajstić information content (AvgIpc) is 2.76. The fraction of sp³-hybridized carbons (Fsp3) is 0.0952. The molecule has 3 aromatic rings. The van der Waals surface area contributed by atoms with E-state index in [1.54, 1.807) is 67.0 Å². The van der Waals surface area contributed by atoms with Gasteiger partial charge in [0.25, 0.3) is 5.91 Å². The van der Waals surface area contributed by atoms with Gasteiger partial charge in [-0.3, -0.25) is 9.78 Å². The van der Waals surface area contributed by atoms with Crippen LogP contribution in [0.25, 0.3) is 0 Å². The number of nitrogens with zero attached hydrogens (tertiary/aromatic N) is 3. The third-order valence-electron chi connectivity index (χ3n) is 4.06. The monoisotopic (exact) mass is 442 g/mol. The molecular weight excluding hydrogens is 424 g/mol.